The first kappa shape index (κ1) is 21.9. The van der Waals surface area contributed by atoms with E-state index in [0.717, 1.165) is 31.6 Å². The van der Waals surface area contributed by atoms with E-state index in [-0.39, 0.29) is 23.7 Å². The van der Waals surface area contributed by atoms with Gasteiger partial charge in [-0.1, -0.05) is 36.4 Å². The highest BCUT2D eigenvalue weighted by molar-refractivity contribution is 6.05. The van der Waals surface area contributed by atoms with Gasteiger partial charge in [-0.3, -0.25) is 24.3 Å². The van der Waals surface area contributed by atoms with Gasteiger partial charge in [0.25, 0.3) is 0 Å². The Hall–Kier alpha value is -2.90. The summed E-state index contributed by atoms with van der Waals surface area (Å²) in [7, 11) is 3.25. The molecule has 2 aromatic carbocycles. The maximum absolute atomic E-state index is 13.1. The second kappa shape index (κ2) is 9.15. The van der Waals surface area contributed by atoms with Crippen LogP contribution in [0.3, 0.4) is 0 Å². The summed E-state index contributed by atoms with van der Waals surface area (Å²) in [6.45, 7) is 4.89. The molecule has 0 N–H and O–H groups in total. The first-order valence-corrected chi connectivity index (χ1v) is 11.7. The maximum Gasteiger partial charge on any atom is 0.234 e. The van der Waals surface area contributed by atoms with Crippen LogP contribution in [0.4, 0.5) is 0 Å². The third kappa shape index (κ3) is 4.11. The Morgan fingerprint density at radius 3 is 2.27 bits per heavy atom. The zero-order valence-corrected chi connectivity index (χ0v) is 19.3. The van der Waals surface area contributed by atoms with Crippen molar-refractivity contribution in [1.82, 2.24) is 14.7 Å². The lowest BCUT2D eigenvalue weighted by Crippen LogP contribution is -2.42. The molecule has 0 aromatic heterocycles. The molecule has 0 saturated carbocycles. The second-order valence-corrected chi connectivity index (χ2v) is 9.18. The molecule has 2 amide bonds. The Kier molecular flexibility index (Phi) is 6.08. The molecular formula is C26H31N3O4. The van der Waals surface area contributed by atoms with Crippen LogP contribution >= 0.6 is 0 Å². The molecule has 2 aromatic rings. The van der Waals surface area contributed by atoms with Gasteiger partial charge in [0, 0.05) is 51.4 Å². The van der Waals surface area contributed by atoms with Gasteiger partial charge in [-0.2, -0.15) is 0 Å². The van der Waals surface area contributed by atoms with Crippen LogP contribution in [0.15, 0.2) is 42.5 Å². The standard InChI is InChI=1S/C26H31N3O4/c1-32-23-9-5-8-20(24(23)33-2)15-28-16-21-22(17-28)26(31)29(25(21)30)13-12-27-11-10-18-6-3-4-7-19(18)14-27/h3-9,21-22H,10-17H2,1-2H3/t21-,22+. The van der Waals surface area contributed by atoms with E-state index >= 15 is 0 Å². The van der Waals surface area contributed by atoms with E-state index in [2.05, 4.69) is 34.1 Å². The maximum atomic E-state index is 13.1. The first-order chi connectivity index (χ1) is 16.1. The summed E-state index contributed by atoms with van der Waals surface area (Å²) in [5.74, 6) is 0.893. The van der Waals surface area contributed by atoms with Crippen LogP contribution in [0.1, 0.15) is 16.7 Å². The number of nitrogens with zero attached hydrogens (tertiary/aromatic N) is 3. The lowest BCUT2D eigenvalue weighted by atomic mass is 10.00. The topological polar surface area (TPSA) is 62.3 Å². The van der Waals surface area contributed by atoms with Crippen LogP contribution in [-0.2, 0) is 29.1 Å². The number of ether oxygens (including phenoxy) is 2. The number of hydrogen-bond acceptors (Lipinski definition) is 6. The third-order valence-electron chi connectivity index (χ3n) is 7.29. The Balaban J connectivity index is 1.19. The summed E-state index contributed by atoms with van der Waals surface area (Å²) in [4.78, 5) is 32.3. The average Bonchev–Trinajstić information content (AvgIpc) is 3.35. The molecule has 3 aliphatic heterocycles. The number of likely N-dealkylation sites (tertiary alicyclic amines) is 2. The highest BCUT2D eigenvalue weighted by atomic mass is 16.5. The molecule has 3 heterocycles. The monoisotopic (exact) mass is 449 g/mol. The molecule has 2 saturated heterocycles. The number of para-hydroxylation sites is 1. The summed E-state index contributed by atoms with van der Waals surface area (Å²) in [5.41, 5.74) is 3.76. The minimum atomic E-state index is -0.240. The number of hydrogen-bond donors (Lipinski definition) is 0. The molecule has 2 atom stereocenters. The zero-order chi connectivity index (χ0) is 22.9. The third-order valence-corrected chi connectivity index (χ3v) is 7.29. The molecule has 0 spiro atoms. The van der Waals surface area contributed by atoms with Crippen LogP contribution in [0.5, 0.6) is 11.5 Å². The summed E-state index contributed by atoms with van der Waals surface area (Å²) in [5, 5.41) is 0. The number of rotatable bonds is 7. The largest absolute Gasteiger partial charge is 0.493 e. The van der Waals surface area contributed by atoms with Crippen molar-refractivity contribution in [3.05, 3.63) is 59.2 Å². The molecule has 174 valence electrons. The van der Waals surface area contributed by atoms with Gasteiger partial charge < -0.3 is 9.47 Å². The summed E-state index contributed by atoms with van der Waals surface area (Å²) < 4.78 is 10.9. The Bertz CT molecular complexity index is 1030. The number of carbonyl (C=O) groups is 2. The molecule has 0 unspecified atom stereocenters. The second-order valence-electron chi connectivity index (χ2n) is 9.18. The van der Waals surface area contributed by atoms with Gasteiger partial charge in [-0.25, -0.2) is 0 Å². The van der Waals surface area contributed by atoms with Crippen LogP contribution < -0.4 is 9.47 Å². The SMILES string of the molecule is COc1cccc(CN2C[C@@H]3C(=O)N(CCN4CCc5ccccc5C4)C(=O)[C@@H]3C2)c1OC. The molecular weight excluding hydrogens is 418 g/mol. The van der Waals surface area contributed by atoms with Gasteiger partial charge in [0.1, 0.15) is 0 Å². The van der Waals surface area contributed by atoms with Gasteiger partial charge in [-0.05, 0) is 23.6 Å². The first-order valence-electron chi connectivity index (χ1n) is 11.7. The Morgan fingerprint density at radius 2 is 1.58 bits per heavy atom. The fourth-order valence-corrected chi connectivity index (χ4v) is 5.55. The lowest BCUT2D eigenvalue weighted by Gasteiger charge is -2.30. The van der Waals surface area contributed by atoms with Crippen LogP contribution in [0, 0.1) is 11.8 Å². The molecule has 3 aliphatic rings. The number of benzene rings is 2. The van der Waals surface area contributed by atoms with Gasteiger partial charge in [-0.15, -0.1) is 0 Å². The Morgan fingerprint density at radius 1 is 0.848 bits per heavy atom. The van der Waals surface area contributed by atoms with Crippen molar-refractivity contribution in [2.24, 2.45) is 11.8 Å². The molecule has 2 fully saturated rings. The van der Waals surface area contributed by atoms with E-state index in [4.69, 9.17) is 9.47 Å². The molecule has 0 aliphatic carbocycles. The molecule has 7 heteroatoms. The molecule has 33 heavy (non-hydrogen) atoms. The molecule has 7 nitrogen and oxygen atoms in total. The van der Waals surface area contributed by atoms with Crippen molar-refractivity contribution in [2.45, 2.75) is 19.5 Å². The fraction of sp³-hybridized carbons (Fsp3) is 0.462. The van der Waals surface area contributed by atoms with E-state index < -0.39 is 0 Å². The van der Waals surface area contributed by atoms with E-state index in [1.165, 1.54) is 16.0 Å². The van der Waals surface area contributed by atoms with Crippen molar-refractivity contribution in [3.63, 3.8) is 0 Å². The number of methoxy groups -OCH3 is 2. The van der Waals surface area contributed by atoms with Crippen LogP contribution in [-0.4, -0.2) is 73.5 Å². The van der Waals surface area contributed by atoms with Gasteiger partial charge in [0.05, 0.1) is 26.1 Å². The van der Waals surface area contributed by atoms with Crippen molar-refractivity contribution in [3.8, 4) is 11.5 Å². The van der Waals surface area contributed by atoms with Gasteiger partial charge in [0.15, 0.2) is 11.5 Å². The number of carbonyl (C=O) groups excluding carboxylic acids is 2. The number of imide groups is 1. The van der Waals surface area contributed by atoms with E-state index in [1.807, 2.05) is 18.2 Å². The molecule has 0 bridgehead atoms. The number of fused-ring (bicyclic) bond motifs is 2. The fourth-order valence-electron chi connectivity index (χ4n) is 5.55. The molecule has 5 rings (SSSR count). The van der Waals surface area contributed by atoms with E-state index in [9.17, 15) is 9.59 Å². The lowest BCUT2D eigenvalue weighted by molar-refractivity contribution is -0.140. The average molecular weight is 450 g/mol. The van der Waals surface area contributed by atoms with Crippen LogP contribution in [0.2, 0.25) is 0 Å². The molecule has 0 radical (unpaired) electrons. The Labute approximate surface area is 194 Å². The smallest absolute Gasteiger partial charge is 0.234 e. The number of amides is 2. The quantitative estimate of drug-likeness (QED) is 0.604. The minimum Gasteiger partial charge on any atom is -0.493 e. The van der Waals surface area contributed by atoms with Gasteiger partial charge in [0.2, 0.25) is 11.8 Å². The van der Waals surface area contributed by atoms with Crippen molar-refractivity contribution in [2.75, 3.05) is 46.9 Å². The predicted molar refractivity (Wildman–Crippen MR) is 124 cm³/mol. The van der Waals surface area contributed by atoms with Crippen molar-refractivity contribution in [1.29, 1.82) is 0 Å². The van der Waals surface area contributed by atoms with Crippen molar-refractivity contribution >= 4 is 11.8 Å². The summed E-state index contributed by atoms with van der Waals surface area (Å²) >= 11 is 0. The minimum absolute atomic E-state index is 0.0116. The summed E-state index contributed by atoms with van der Waals surface area (Å²) in [6.07, 6.45) is 1.02. The predicted octanol–water partition coefficient (Wildman–Crippen LogP) is 2.18. The highest BCUT2D eigenvalue weighted by Gasteiger charge is 2.52. The van der Waals surface area contributed by atoms with Crippen molar-refractivity contribution < 1.29 is 19.1 Å². The van der Waals surface area contributed by atoms with Gasteiger partial charge >= 0.3 is 0 Å². The normalized spacial score (nSPS) is 23.0. The van der Waals surface area contributed by atoms with E-state index in [1.54, 1.807) is 14.2 Å². The highest BCUT2D eigenvalue weighted by Crippen LogP contribution is 2.37. The van der Waals surface area contributed by atoms with E-state index in [0.29, 0.717) is 37.7 Å². The van der Waals surface area contributed by atoms with Crippen LogP contribution in [0.25, 0.3) is 0 Å². The summed E-state index contributed by atoms with van der Waals surface area (Å²) in [6, 6.07) is 14.3. The zero-order valence-electron chi connectivity index (χ0n) is 19.3.